The average molecular weight is 376 g/mol. The summed E-state index contributed by atoms with van der Waals surface area (Å²) in [4.78, 5) is 21.0. The van der Waals surface area contributed by atoms with Gasteiger partial charge in [0.05, 0.1) is 0 Å². The van der Waals surface area contributed by atoms with E-state index in [0.29, 0.717) is 29.7 Å². The number of nitrogens with one attached hydrogen (secondary N) is 2. The molecule has 1 aromatic heterocycles. The van der Waals surface area contributed by atoms with E-state index in [4.69, 9.17) is 9.47 Å². The number of ether oxygens (including phenoxy) is 2. The Morgan fingerprint density at radius 1 is 1.11 bits per heavy atom. The van der Waals surface area contributed by atoms with Crippen LogP contribution >= 0.6 is 0 Å². The summed E-state index contributed by atoms with van der Waals surface area (Å²) in [6, 6.07) is 15.1. The number of nitrogens with zero attached hydrogens (tertiary/aromatic N) is 2. The van der Waals surface area contributed by atoms with Crippen molar-refractivity contribution in [3.63, 3.8) is 0 Å². The first-order valence-electron chi connectivity index (χ1n) is 9.07. The van der Waals surface area contributed by atoms with E-state index in [-0.39, 0.29) is 12.7 Å². The Morgan fingerprint density at radius 3 is 2.86 bits per heavy atom. The monoisotopic (exact) mass is 376 g/mol. The largest absolute Gasteiger partial charge is 0.454 e. The molecule has 2 heterocycles. The summed E-state index contributed by atoms with van der Waals surface area (Å²) in [5.41, 5.74) is 3.31. The number of amides is 1. The minimum absolute atomic E-state index is 0.225. The minimum Gasteiger partial charge on any atom is -0.454 e. The third-order valence-electron chi connectivity index (χ3n) is 4.42. The topological polar surface area (TPSA) is 85.4 Å². The Kier molecular flexibility index (Phi) is 5.05. The van der Waals surface area contributed by atoms with Crippen LogP contribution in [-0.4, -0.2) is 22.7 Å². The van der Waals surface area contributed by atoms with Crippen LogP contribution in [0.4, 0.5) is 11.6 Å². The van der Waals surface area contributed by atoms with E-state index in [1.54, 1.807) is 12.3 Å². The summed E-state index contributed by atoms with van der Waals surface area (Å²) >= 11 is 0. The van der Waals surface area contributed by atoms with Crippen LogP contribution in [0.1, 0.15) is 28.5 Å². The molecule has 0 fully saturated rings. The summed E-state index contributed by atoms with van der Waals surface area (Å²) < 4.78 is 10.7. The first-order valence-corrected chi connectivity index (χ1v) is 9.07. The van der Waals surface area contributed by atoms with Gasteiger partial charge in [-0.25, -0.2) is 9.97 Å². The molecule has 0 radical (unpaired) electrons. The van der Waals surface area contributed by atoms with E-state index in [1.807, 2.05) is 42.5 Å². The van der Waals surface area contributed by atoms with Crippen molar-refractivity contribution in [3.05, 3.63) is 71.5 Å². The second-order valence-electron chi connectivity index (χ2n) is 6.27. The summed E-state index contributed by atoms with van der Waals surface area (Å²) in [6.07, 6.45) is 2.46. The molecule has 0 spiro atoms. The van der Waals surface area contributed by atoms with E-state index in [2.05, 4.69) is 27.5 Å². The van der Waals surface area contributed by atoms with Crippen LogP contribution in [-0.2, 0) is 13.0 Å². The van der Waals surface area contributed by atoms with Gasteiger partial charge in [-0.3, -0.25) is 4.79 Å². The van der Waals surface area contributed by atoms with Crippen molar-refractivity contribution < 1.29 is 14.3 Å². The van der Waals surface area contributed by atoms with Crippen LogP contribution in [0.2, 0.25) is 0 Å². The SMILES string of the molecule is CCc1ccccc1Nc1nccc(C(=O)NCc2ccc3c(c2)OCO3)n1. The molecule has 1 amide bonds. The van der Waals surface area contributed by atoms with Gasteiger partial charge in [0.1, 0.15) is 5.69 Å². The van der Waals surface area contributed by atoms with Crippen molar-refractivity contribution in [1.82, 2.24) is 15.3 Å². The fourth-order valence-electron chi connectivity index (χ4n) is 2.94. The van der Waals surface area contributed by atoms with Crippen molar-refractivity contribution >= 4 is 17.5 Å². The lowest BCUT2D eigenvalue weighted by molar-refractivity contribution is 0.0946. The van der Waals surface area contributed by atoms with Gasteiger partial charge < -0.3 is 20.1 Å². The van der Waals surface area contributed by atoms with Crippen LogP contribution in [0.3, 0.4) is 0 Å². The quantitative estimate of drug-likeness (QED) is 0.685. The molecule has 7 nitrogen and oxygen atoms in total. The minimum atomic E-state index is -0.271. The highest BCUT2D eigenvalue weighted by atomic mass is 16.7. The summed E-state index contributed by atoms with van der Waals surface area (Å²) in [5.74, 6) is 1.52. The van der Waals surface area contributed by atoms with Crippen LogP contribution in [0.15, 0.2) is 54.7 Å². The fraction of sp³-hybridized carbons (Fsp3) is 0.190. The molecule has 7 heteroatoms. The molecule has 0 bridgehead atoms. The lowest BCUT2D eigenvalue weighted by atomic mass is 10.1. The highest BCUT2D eigenvalue weighted by Crippen LogP contribution is 2.32. The molecule has 142 valence electrons. The molecule has 4 rings (SSSR count). The fourth-order valence-corrected chi connectivity index (χ4v) is 2.94. The summed E-state index contributed by atoms with van der Waals surface area (Å²) in [6.45, 7) is 2.67. The predicted molar refractivity (Wildman–Crippen MR) is 105 cm³/mol. The molecule has 3 aromatic rings. The van der Waals surface area contributed by atoms with Gasteiger partial charge >= 0.3 is 0 Å². The van der Waals surface area contributed by atoms with E-state index >= 15 is 0 Å². The molecule has 2 aromatic carbocycles. The molecular weight excluding hydrogens is 356 g/mol. The number of para-hydroxylation sites is 1. The van der Waals surface area contributed by atoms with Gasteiger partial charge in [-0.15, -0.1) is 0 Å². The first-order chi connectivity index (χ1) is 13.7. The normalized spacial score (nSPS) is 11.9. The zero-order chi connectivity index (χ0) is 19.3. The Morgan fingerprint density at radius 2 is 1.96 bits per heavy atom. The van der Waals surface area contributed by atoms with Gasteiger partial charge in [-0.2, -0.15) is 0 Å². The van der Waals surface area contributed by atoms with E-state index in [1.165, 1.54) is 0 Å². The standard InChI is InChI=1S/C21H20N4O3/c1-2-15-5-3-4-6-16(15)24-21-22-10-9-17(25-21)20(26)23-12-14-7-8-18-19(11-14)28-13-27-18/h3-11H,2,12-13H2,1H3,(H,23,26)(H,22,24,25). The lowest BCUT2D eigenvalue weighted by Crippen LogP contribution is -2.24. The molecule has 0 aliphatic carbocycles. The predicted octanol–water partition coefficient (Wildman–Crippen LogP) is 3.44. The summed E-state index contributed by atoms with van der Waals surface area (Å²) in [5, 5.41) is 6.05. The molecule has 0 atom stereocenters. The van der Waals surface area contributed by atoms with Gasteiger partial charge in [0.25, 0.3) is 5.91 Å². The van der Waals surface area contributed by atoms with E-state index < -0.39 is 0 Å². The number of fused-ring (bicyclic) bond motifs is 1. The van der Waals surface area contributed by atoms with Crippen LogP contribution in [0, 0.1) is 0 Å². The Hall–Kier alpha value is -3.61. The molecule has 28 heavy (non-hydrogen) atoms. The van der Waals surface area contributed by atoms with E-state index in [0.717, 1.165) is 23.2 Å². The van der Waals surface area contributed by atoms with Crippen LogP contribution in [0.5, 0.6) is 11.5 Å². The Labute approximate surface area is 162 Å². The zero-order valence-electron chi connectivity index (χ0n) is 15.4. The maximum Gasteiger partial charge on any atom is 0.270 e. The number of rotatable bonds is 6. The molecular formula is C21H20N4O3. The average Bonchev–Trinajstić information content (AvgIpc) is 3.20. The van der Waals surface area contributed by atoms with Crippen molar-refractivity contribution in [2.24, 2.45) is 0 Å². The van der Waals surface area contributed by atoms with Gasteiger partial charge in [0, 0.05) is 18.4 Å². The highest BCUT2D eigenvalue weighted by molar-refractivity contribution is 5.92. The Balaban J connectivity index is 1.43. The number of hydrogen-bond donors (Lipinski definition) is 2. The van der Waals surface area contributed by atoms with Crippen molar-refractivity contribution in [2.75, 3.05) is 12.1 Å². The molecule has 0 unspecified atom stereocenters. The maximum atomic E-state index is 12.5. The molecule has 0 saturated heterocycles. The molecule has 2 N–H and O–H groups in total. The summed E-state index contributed by atoms with van der Waals surface area (Å²) in [7, 11) is 0. The third kappa shape index (κ3) is 3.88. The van der Waals surface area contributed by atoms with Crippen molar-refractivity contribution in [3.8, 4) is 11.5 Å². The number of benzene rings is 2. The van der Waals surface area contributed by atoms with Crippen molar-refractivity contribution in [2.45, 2.75) is 19.9 Å². The van der Waals surface area contributed by atoms with Gasteiger partial charge in [-0.1, -0.05) is 31.2 Å². The number of anilines is 2. The Bertz CT molecular complexity index is 1010. The molecule has 0 saturated carbocycles. The second-order valence-corrected chi connectivity index (χ2v) is 6.27. The first kappa shape index (κ1) is 17.8. The van der Waals surface area contributed by atoms with Gasteiger partial charge in [-0.05, 0) is 41.8 Å². The van der Waals surface area contributed by atoms with E-state index in [9.17, 15) is 4.79 Å². The van der Waals surface area contributed by atoms with Gasteiger partial charge in [0.2, 0.25) is 12.7 Å². The number of hydrogen-bond acceptors (Lipinski definition) is 6. The number of aryl methyl sites for hydroxylation is 1. The van der Waals surface area contributed by atoms with Crippen LogP contribution < -0.4 is 20.1 Å². The zero-order valence-corrected chi connectivity index (χ0v) is 15.4. The smallest absolute Gasteiger partial charge is 0.270 e. The number of carbonyl (C=O) groups excluding carboxylic acids is 1. The van der Waals surface area contributed by atoms with Gasteiger partial charge in [0.15, 0.2) is 11.5 Å². The van der Waals surface area contributed by atoms with Crippen LogP contribution in [0.25, 0.3) is 0 Å². The van der Waals surface area contributed by atoms with Crippen molar-refractivity contribution in [1.29, 1.82) is 0 Å². The number of carbonyl (C=O) groups is 1. The molecule has 1 aliphatic rings. The lowest BCUT2D eigenvalue weighted by Gasteiger charge is -2.10. The second kappa shape index (κ2) is 7.96. The molecule has 1 aliphatic heterocycles. The number of aromatic nitrogens is 2. The maximum absolute atomic E-state index is 12.5. The highest BCUT2D eigenvalue weighted by Gasteiger charge is 2.14. The third-order valence-corrected chi connectivity index (χ3v) is 4.42.